The molecule has 5 heteroatoms. The Kier molecular flexibility index (Phi) is 4.70. The summed E-state index contributed by atoms with van der Waals surface area (Å²) in [6, 6.07) is 2.83. The van der Waals surface area contributed by atoms with Crippen LogP contribution in [0.2, 0.25) is 0 Å². The van der Waals surface area contributed by atoms with Gasteiger partial charge in [0, 0.05) is 31.7 Å². The van der Waals surface area contributed by atoms with Crippen LogP contribution >= 0.6 is 0 Å². The fourth-order valence-electron chi connectivity index (χ4n) is 3.45. The second-order valence-corrected chi connectivity index (χ2v) is 6.09. The highest BCUT2D eigenvalue weighted by molar-refractivity contribution is 5.05. The Hall–Kier alpha value is -0.910. The number of likely N-dealkylation sites (tertiary alicyclic amines) is 2. The molecule has 1 unspecified atom stereocenters. The molecule has 0 saturated carbocycles. The van der Waals surface area contributed by atoms with E-state index in [4.69, 9.17) is 4.52 Å². The summed E-state index contributed by atoms with van der Waals surface area (Å²) in [4.78, 5) is 5.19. The standard InChI is InChI=1S/C15H26N4O/c1-16-10-13-9-15(20-17-13)12-18-8-5-14(11-18)19-6-3-2-4-7-19/h9,14,16H,2-8,10-12H2,1H3. The molecule has 3 heterocycles. The summed E-state index contributed by atoms with van der Waals surface area (Å²) in [7, 11) is 1.93. The van der Waals surface area contributed by atoms with Crippen molar-refractivity contribution in [2.75, 3.05) is 33.2 Å². The molecular formula is C15H26N4O. The van der Waals surface area contributed by atoms with Crippen LogP contribution in [0.25, 0.3) is 0 Å². The van der Waals surface area contributed by atoms with Gasteiger partial charge in [-0.05, 0) is 39.4 Å². The van der Waals surface area contributed by atoms with Crippen molar-refractivity contribution < 1.29 is 4.52 Å². The Bertz CT molecular complexity index is 414. The molecule has 1 aromatic heterocycles. The monoisotopic (exact) mass is 278 g/mol. The molecule has 0 bridgehead atoms. The lowest BCUT2D eigenvalue weighted by atomic mass is 10.1. The van der Waals surface area contributed by atoms with Crippen LogP contribution in [0.3, 0.4) is 0 Å². The Morgan fingerprint density at radius 2 is 2.15 bits per heavy atom. The lowest BCUT2D eigenvalue weighted by molar-refractivity contribution is 0.159. The summed E-state index contributed by atoms with van der Waals surface area (Å²) < 4.78 is 5.41. The third kappa shape index (κ3) is 3.40. The van der Waals surface area contributed by atoms with E-state index in [2.05, 4.69) is 26.3 Å². The van der Waals surface area contributed by atoms with E-state index in [0.717, 1.165) is 30.6 Å². The predicted octanol–water partition coefficient (Wildman–Crippen LogP) is 1.45. The van der Waals surface area contributed by atoms with Crippen molar-refractivity contribution in [3.8, 4) is 0 Å². The lowest BCUT2D eigenvalue weighted by Gasteiger charge is -2.32. The van der Waals surface area contributed by atoms with Crippen molar-refractivity contribution >= 4 is 0 Å². The van der Waals surface area contributed by atoms with Gasteiger partial charge in [0.25, 0.3) is 0 Å². The van der Waals surface area contributed by atoms with Crippen molar-refractivity contribution in [2.45, 2.75) is 44.8 Å². The molecule has 0 amide bonds. The summed E-state index contributed by atoms with van der Waals surface area (Å²) >= 11 is 0. The molecule has 20 heavy (non-hydrogen) atoms. The minimum atomic E-state index is 0.759. The maximum atomic E-state index is 5.41. The molecule has 2 saturated heterocycles. The van der Waals surface area contributed by atoms with E-state index in [1.807, 2.05) is 7.05 Å². The number of rotatable bonds is 5. The van der Waals surface area contributed by atoms with Gasteiger partial charge < -0.3 is 9.84 Å². The number of nitrogens with zero attached hydrogens (tertiary/aromatic N) is 3. The molecule has 0 aromatic carbocycles. The normalized spacial score (nSPS) is 25.4. The van der Waals surface area contributed by atoms with Crippen LogP contribution in [-0.4, -0.2) is 54.2 Å². The van der Waals surface area contributed by atoms with Gasteiger partial charge >= 0.3 is 0 Å². The van der Waals surface area contributed by atoms with Crippen molar-refractivity contribution in [1.82, 2.24) is 20.3 Å². The average molecular weight is 278 g/mol. The molecule has 0 spiro atoms. The molecule has 112 valence electrons. The molecule has 2 fully saturated rings. The lowest BCUT2D eigenvalue weighted by Crippen LogP contribution is -2.40. The van der Waals surface area contributed by atoms with E-state index in [9.17, 15) is 0 Å². The van der Waals surface area contributed by atoms with Gasteiger partial charge in [0.1, 0.15) is 0 Å². The number of nitrogens with one attached hydrogen (secondary N) is 1. The zero-order valence-corrected chi connectivity index (χ0v) is 12.5. The second kappa shape index (κ2) is 6.70. The number of hydrogen-bond donors (Lipinski definition) is 1. The Morgan fingerprint density at radius 3 is 2.95 bits per heavy atom. The molecule has 1 aromatic rings. The van der Waals surface area contributed by atoms with Gasteiger partial charge in [-0.1, -0.05) is 11.6 Å². The van der Waals surface area contributed by atoms with Gasteiger partial charge in [0.2, 0.25) is 0 Å². The highest BCUT2D eigenvalue weighted by atomic mass is 16.5. The smallest absolute Gasteiger partial charge is 0.151 e. The first-order valence-corrected chi connectivity index (χ1v) is 7.90. The van der Waals surface area contributed by atoms with Crippen LogP contribution in [0, 0.1) is 0 Å². The molecule has 1 N–H and O–H groups in total. The molecule has 0 radical (unpaired) electrons. The molecular weight excluding hydrogens is 252 g/mol. The van der Waals surface area contributed by atoms with Crippen molar-refractivity contribution in [1.29, 1.82) is 0 Å². The molecule has 2 aliphatic rings. The van der Waals surface area contributed by atoms with Gasteiger partial charge in [-0.3, -0.25) is 9.80 Å². The summed E-state index contributed by atoms with van der Waals surface area (Å²) in [5.41, 5.74) is 0.995. The van der Waals surface area contributed by atoms with E-state index >= 15 is 0 Å². The molecule has 0 aliphatic carbocycles. The first kappa shape index (κ1) is 14.0. The fourth-order valence-corrected chi connectivity index (χ4v) is 3.45. The Labute approximate surface area is 121 Å². The maximum absolute atomic E-state index is 5.41. The van der Waals surface area contributed by atoms with E-state index in [-0.39, 0.29) is 0 Å². The topological polar surface area (TPSA) is 44.5 Å². The molecule has 5 nitrogen and oxygen atoms in total. The van der Waals surface area contributed by atoms with Crippen LogP contribution in [-0.2, 0) is 13.1 Å². The highest BCUT2D eigenvalue weighted by Crippen LogP contribution is 2.21. The van der Waals surface area contributed by atoms with Gasteiger partial charge in [-0.15, -0.1) is 0 Å². The number of piperidine rings is 1. The molecule has 3 rings (SSSR count). The molecule has 2 aliphatic heterocycles. The van der Waals surface area contributed by atoms with Crippen molar-refractivity contribution in [2.24, 2.45) is 0 Å². The van der Waals surface area contributed by atoms with Crippen LogP contribution in [0.5, 0.6) is 0 Å². The minimum Gasteiger partial charge on any atom is -0.360 e. The highest BCUT2D eigenvalue weighted by Gasteiger charge is 2.28. The van der Waals surface area contributed by atoms with Crippen LogP contribution in [0.4, 0.5) is 0 Å². The average Bonchev–Trinajstić information content (AvgIpc) is 3.11. The van der Waals surface area contributed by atoms with Gasteiger partial charge in [-0.2, -0.15) is 0 Å². The number of aromatic nitrogens is 1. The quantitative estimate of drug-likeness (QED) is 0.883. The summed E-state index contributed by atoms with van der Waals surface area (Å²) in [6.07, 6.45) is 5.48. The third-order valence-electron chi connectivity index (χ3n) is 4.50. The Morgan fingerprint density at radius 1 is 1.30 bits per heavy atom. The zero-order valence-electron chi connectivity index (χ0n) is 12.5. The van der Waals surface area contributed by atoms with E-state index in [1.165, 1.54) is 51.9 Å². The largest absolute Gasteiger partial charge is 0.360 e. The van der Waals surface area contributed by atoms with Crippen LogP contribution < -0.4 is 5.32 Å². The minimum absolute atomic E-state index is 0.759. The first-order valence-electron chi connectivity index (χ1n) is 7.90. The molecule has 1 atom stereocenters. The summed E-state index contributed by atoms with van der Waals surface area (Å²) in [6.45, 7) is 6.65. The van der Waals surface area contributed by atoms with Crippen molar-refractivity contribution in [3.05, 3.63) is 17.5 Å². The van der Waals surface area contributed by atoms with E-state index < -0.39 is 0 Å². The van der Waals surface area contributed by atoms with Crippen molar-refractivity contribution in [3.63, 3.8) is 0 Å². The van der Waals surface area contributed by atoms with Gasteiger partial charge in [0.15, 0.2) is 5.76 Å². The summed E-state index contributed by atoms with van der Waals surface area (Å²) in [5.74, 6) is 0.995. The van der Waals surface area contributed by atoms with E-state index in [0.29, 0.717) is 0 Å². The third-order valence-corrected chi connectivity index (χ3v) is 4.50. The Balaban J connectivity index is 1.49. The second-order valence-electron chi connectivity index (χ2n) is 6.09. The first-order chi connectivity index (χ1) is 9.85. The van der Waals surface area contributed by atoms with Crippen LogP contribution in [0.1, 0.15) is 37.1 Å². The zero-order chi connectivity index (χ0) is 13.8. The fraction of sp³-hybridized carbons (Fsp3) is 0.800. The van der Waals surface area contributed by atoms with Crippen LogP contribution in [0.15, 0.2) is 10.6 Å². The van der Waals surface area contributed by atoms with Gasteiger partial charge in [0.05, 0.1) is 12.2 Å². The maximum Gasteiger partial charge on any atom is 0.151 e. The van der Waals surface area contributed by atoms with Gasteiger partial charge in [-0.25, -0.2) is 0 Å². The summed E-state index contributed by atoms with van der Waals surface area (Å²) in [5, 5.41) is 7.18. The van der Waals surface area contributed by atoms with E-state index in [1.54, 1.807) is 0 Å². The SMILES string of the molecule is CNCc1cc(CN2CCC(N3CCCCC3)C2)on1. The number of hydrogen-bond acceptors (Lipinski definition) is 5. The predicted molar refractivity (Wildman–Crippen MR) is 78.4 cm³/mol.